The predicted octanol–water partition coefficient (Wildman–Crippen LogP) is 2.03. The molecule has 2 heterocycles. The van der Waals surface area contributed by atoms with Gasteiger partial charge in [0.1, 0.15) is 11.6 Å². The molecule has 1 aromatic carbocycles. The van der Waals surface area contributed by atoms with Gasteiger partial charge in [0.25, 0.3) is 0 Å². The minimum Gasteiger partial charge on any atom is -0.508 e. The minimum atomic E-state index is -1.09. The summed E-state index contributed by atoms with van der Waals surface area (Å²) in [5.74, 6) is -0.340. The number of rotatable bonds is 2. The number of aromatic hydroxyl groups is 1. The maximum atomic E-state index is 10.8. The standard InChI is InChI=1S/C13H9N3O3/c17-8-3-1-7(2-4-8)11-14-9-5-6-10(13(18)19)15-12(9)16-11/h1-6,17H,(H,18,19)(H,14,15,16). The number of pyridine rings is 1. The second-order valence-corrected chi connectivity index (χ2v) is 4.01. The van der Waals surface area contributed by atoms with Gasteiger partial charge in [-0.1, -0.05) is 0 Å². The Morgan fingerprint density at radius 2 is 1.79 bits per heavy atom. The van der Waals surface area contributed by atoms with Gasteiger partial charge in [0.2, 0.25) is 0 Å². The van der Waals surface area contributed by atoms with Crippen molar-refractivity contribution in [3.8, 4) is 17.1 Å². The first-order chi connectivity index (χ1) is 9.13. The first-order valence-corrected chi connectivity index (χ1v) is 5.53. The molecule has 0 atom stereocenters. The molecule has 0 saturated heterocycles. The molecule has 2 aromatic heterocycles. The van der Waals surface area contributed by atoms with E-state index in [9.17, 15) is 9.90 Å². The van der Waals surface area contributed by atoms with Gasteiger partial charge in [-0.15, -0.1) is 0 Å². The van der Waals surface area contributed by atoms with Crippen molar-refractivity contribution in [2.45, 2.75) is 0 Å². The quantitative estimate of drug-likeness (QED) is 0.650. The van der Waals surface area contributed by atoms with Crippen LogP contribution >= 0.6 is 0 Å². The zero-order valence-electron chi connectivity index (χ0n) is 9.66. The van der Waals surface area contributed by atoms with Crippen molar-refractivity contribution in [3.05, 3.63) is 42.1 Å². The maximum Gasteiger partial charge on any atom is 0.354 e. The Morgan fingerprint density at radius 3 is 2.47 bits per heavy atom. The molecule has 19 heavy (non-hydrogen) atoms. The van der Waals surface area contributed by atoms with Gasteiger partial charge < -0.3 is 15.2 Å². The van der Waals surface area contributed by atoms with Crippen LogP contribution in [0.2, 0.25) is 0 Å². The molecule has 3 aromatic rings. The van der Waals surface area contributed by atoms with E-state index in [1.165, 1.54) is 6.07 Å². The molecule has 6 heteroatoms. The molecule has 0 fully saturated rings. The van der Waals surface area contributed by atoms with E-state index >= 15 is 0 Å². The molecule has 0 radical (unpaired) electrons. The van der Waals surface area contributed by atoms with Gasteiger partial charge in [-0.2, -0.15) is 0 Å². The number of H-pyrrole nitrogens is 1. The zero-order chi connectivity index (χ0) is 13.4. The van der Waals surface area contributed by atoms with Crippen molar-refractivity contribution >= 4 is 17.1 Å². The molecule has 3 rings (SSSR count). The van der Waals surface area contributed by atoms with Gasteiger partial charge in [-0.05, 0) is 36.4 Å². The van der Waals surface area contributed by atoms with E-state index < -0.39 is 5.97 Å². The number of carboxylic acid groups (broad SMARTS) is 1. The topological polar surface area (TPSA) is 99.1 Å². The fourth-order valence-electron chi connectivity index (χ4n) is 1.77. The van der Waals surface area contributed by atoms with Gasteiger partial charge in [-0.25, -0.2) is 14.8 Å². The number of hydrogen-bond donors (Lipinski definition) is 3. The Kier molecular flexibility index (Phi) is 2.42. The Labute approximate surface area is 107 Å². The third-order valence-corrected chi connectivity index (χ3v) is 2.71. The molecule has 0 amide bonds. The van der Waals surface area contributed by atoms with Crippen LogP contribution in [0, 0.1) is 0 Å². The second kappa shape index (κ2) is 4.09. The SMILES string of the molecule is O=C(O)c1ccc2[nH]c(-c3ccc(O)cc3)nc2n1. The van der Waals surface area contributed by atoms with Crippen LogP contribution in [-0.2, 0) is 0 Å². The summed E-state index contributed by atoms with van der Waals surface area (Å²) >= 11 is 0. The first kappa shape index (κ1) is 11.2. The van der Waals surface area contributed by atoms with E-state index in [-0.39, 0.29) is 11.4 Å². The number of nitrogens with zero attached hydrogens (tertiary/aromatic N) is 2. The van der Waals surface area contributed by atoms with Crippen molar-refractivity contribution in [2.75, 3.05) is 0 Å². The van der Waals surface area contributed by atoms with Crippen LogP contribution in [0.25, 0.3) is 22.6 Å². The molecule has 0 unspecified atom stereocenters. The van der Waals surface area contributed by atoms with E-state index in [1.807, 2.05) is 0 Å². The Hall–Kier alpha value is -2.89. The second-order valence-electron chi connectivity index (χ2n) is 4.01. The van der Waals surface area contributed by atoms with Gasteiger partial charge in [0.15, 0.2) is 11.3 Å². The normalized spacial score (nSPS) is 10.7. The average molecular weight is 255 g/mol. The van der Waals surface area contributed by atoms with Gasteiger partial charge in [0, 0.05) is 5.56 Å². The third-order valence-electron chi connectivity index (χ3n) is 2.71. The summed E-state index contributed by atoms with van der Waals surface area (Å²) in [6, 6.07) is 9.58. The highest BCUT2D eigenvalue weighted by Crippen LogP contribution is 2.21. The van der Waals surface area contributed by atoms with Crippen LogP contribution < -0.4 is 0 Å². The van der Waals surface area contributed by atoms with Crippen LogP contribution in [0.4, 0.5) is 0 Å². The molecule has 0 aliphatic rings. The zero-order valence-corrected chi connectivity index (χ0v) is 9.66. The number of aromatic nitrogens is 3. The highest BCUT2D eigenvalue weighted by atomic mass is 16.4. The number of carboxylic acids is 1. The lowest BCUT2D eigenvalue weighted by atomic mass is 10.2. The minimum absolute atomic E-state index is 0.0451. The average Bonchev–Trinajstić information content (AvgIpc) is 2.82. The van der Waals surface area contributed by atoms with Gasteiger partial charge in [-0.3, -0.25) is 0 Å². The van der Waals surface area contributed by atoms with Crippen molar-refractivity contribution in [1.29, 1.82) is 0 Å². The number of phenolic OH excluding ortho intramolecular Hbond substituents is 1. The molecular formula is C13H9N3O3. The third kappa shape index (κ3) is 1.99. The number of carbonyl (C=O) groups is 1. The highest BCUT2D eigenvalue weighted by Gasteiger charge is 2.10. The van der Waals surface area contributed by atoms with Gasteiger partial charge in [0.05, 0.1) is 5.52 Å². The summed E-state index contributed by atoms with van der Waals surface area (Å²) in [5.41, 5.74) is 1.75. The first-order valence-electron chi connectivity index (χ1n) is 5.53. The summed E-state index contributed by atoms with van der Waals surface area (Å²) in [6.45, 7) is 0. The largest absolute Gasteiger partial charge is 0.508 e. The molecule has 0 aliphatic heterocycles. The van der Waals surface area contributed by atoms with Crippen molar-refractivity contribution in [3.63, 3.8) is 0 Å². The molecule has 0 saturated carbocycles. The van der Waals surface area contributed by atoms with E-state index in [0.717, 1.165) is 5.56 Å². The maximum absolute atomic E-state index is 10.8. The lowest BCUT2D eigenvalue weighted by Crippen LogP contribution is -1.99. The summed E-state index contributed by atoms with van der Waals surface area (Å²) in [7, 11) is 0. The van der Waals surface area contributed by atoms with E-state index in [4.69, 9.17) is 5.11 Å². The number of benzene rings is 1. The molecule has 94 valence electrons. The molecule has 3 N–H and O–H groups in total. The van der Waals surface area contributed by atoms with Crippen molar-refractivity contribution in [2.24, 2.45) is 0 Å². The number of phenols is 1. The number of aromatic carboxylic acids is 1. The number of fused-ring (bicyclic) bond motifs is 1. The van der Waals surface area contributed by atoms with Crippen LogP contribution in [0.15, 0.2) is 36.4 Å². The fourth-order valence-corrected chi connectivity index (χ4v) is 1.77. The monoisotopic (exact) mass is 255 g/mol. The highest BCUT2D eigenvalue weighted by molar-refractivity contribution is 5.88. The summed E-state index contributed by atoms with van der Waals surface area (Å²) in [6.07, 6.45) is 0. The number of hydrogen-bond acceptors (Lipinski definition) is 4. The van der Waals surface area contributed by atoms with E-state index in [2.05, 4.69) is 15.0 Å². The van der Waals surface area contributed by atoms with Crippen LogP contribution in [0.3, 0.4) is 0 Å². The Balaban J connectivity index is 2.11. The predicted molar refractivity (Wildman–Crippen MR) is 67.9 cm³/mol. The Morgan fingerprint density at radius 1 is 1.05 bits per heavy atom. The molecule has 0 bridgehead atoms. The number of imidazole rings is 1. The lowest BCUT2D eigenvalue weighted by molar-refractivity contribution is 0.0691. The number of nitrogens with one attached hydrogen (secondary N) is 1. The van der Waals surface area contributed by atoms with Gasteiger partial charge >= 0.3 is 5.97 Å². The van der Waals surface area contributed by atoms with Crippen molar-refractivity contribution in [1.82, 2.24) is 15.0 Å². The fraction of sp³-hybridized carbons (Fsp3) is 0. The van der Waals surface area contributed by atoms with E-state index in [0.29, 0.717) is 17.0 Å². The van der Waals surface area contributed by atoms with E-state index in [1.54, 1.807) is 30.3 Å². The molecule has 6 nitrogen and oxygen atoms in total. The number of aromatic amines is 1. The van der Waals surface area contributed by atoms with Crippen LogP contribution in [-0.4, -0.2) is 31.1 Å². The Bertz CT molecular complexity index is 762. The molecule has 0 spiro atoms. The van der Waals surface area contributed by atoms with Crippen LogP contribution in [0.1, 0.15) is 10.5 Å². The molecular weight excluding hydrogens is 246 g/mol. The summed E-state index contributed by atoms with van der Waals surface area (Å²) < 4.78 is 0. The smallest absolute Gasteiger partial charge is 0.354 e. The van der Waals surface area contributed by atoms with Crippen molar-refractivity contribution < 1.29 is 15.0 Å². The summed E-state index contributed by atoms with van der Waals surface area (Å²) in [4.78, 5) is 22.1. The lowest BCUT2D eigenvalue weighted by Gasteiger charge is -1.95. The molecule has 0 aliphatic carbocycles. The van der Waals surface area contributed by atoms with Crippen LogP contribution in [0.5, 0.6) is 5.75 Å². The summed E-state index contributed by atoms with van der Waals surface area (Å²) in [5, 5.41) is 18.1.